The molecule has 5 nitrogen and oxygen atoms in total. The highest BCUT2D eigenvalue weighted by Gasteiger charge is 2.40. The number of nitrogens with one attached hydrogen (secondary N) is 1. The molecule has 18 heavy (non-hydrogen) atoms. The lowest BCUT2D eigenvalue weighted by molar-refractivity contribution is -0.147. The van der Waals surface area contributed by atoms with Gasteiger partial charge in [-0.3, -0.25) is 9.59 Å². The summed E-state index contributed by atoms with van der Waals surface area (Å²) in [6.07, 6.45) is 2.33. The van der Waals surface area contributed by atoms with E-state index in [1.807, 2.05) is 13.8 Å². The average Bonchev–Trinajstić information content (AvgIpc) is 2.85. The minimum Gasteiger partial charge on any atom is -0.377 e. The van der Waals surface area contributed by atoms with Crippen LogP contribution < -0.4 is 5.32 Å². The minimum absolute atomic E-state index is 0.0240. The molecular formula is C13H22N2O3. The summed E-state index contributed by atoms with van der Waals surface area (Å²) < 4.78 is 5.57. The second-order valence-corrected chi connectivity index (χ2v) is 4.96. The molecule has 3 unspecified atom stereocenters. The van der Waals surface area contributed by atoms with Crippen LogP contribution in [0.25, 0.3) is 0 Å². The van der Waals surface area contributed by atoms with Crippen molar-refractivity contribution < 1.29 is 14.3 Å². The predicted molar refractivity (Wildman–Crippen MR) is 66.9 cm³/mol. The Kier molecular flexibility index (Phi) is 4.22. The predicted octanol–water partition coefficient (Wildman–Crippen LogP) is 0.539. The zero-order valence-electron chi connectivity index (χ0n) is 11.1. The first kappa shape index (κ1) is 13.3. The molecule has 0 spiro atoms. The van der Waals surface area contributed by atoms with Gasteiger partial charge in [0.1, 0.15) is 6.04 Å². The van der Waals surface area contributed by atoms with Gasteiger partial charge in [0.15, 0.2) is 0 Å². The molecule has 5 heteroatoms. The molecular weight excluding hydrogens is 232 g/mol. The molecule has 1 N–H and O–H groups in total. The van der Waals surface area contributed by atoms with E-state index in [2.05, 4.69) is 5.32 Å². The smallest absolute Gasteiger partial charge is 0.242 e. The molecule has 2 aliphatic heterocycles. The Bertz CT molecular complexity index is 332. The Morgan fingerprint density at radius 1 is 1.44 bits per heavy atom. The molecule has 3 atom stereocenters. The van der Waals surface area contributed by atoms with Gasteiger partial charge in [0, 0.05) is 19.7 Å². The van der Waals surface area contributed by atoms with Crippen LogP contribution in [0.5, 0.6) is 0 Å². The van der Waals surface area contributed by atoms with Gasteiger partial charge in [-0.05, 0) is 19.3 Å². The average molecular weight is 254 g/mol. The lowest BCUT2D eigenvalue weighted by Gasteiger charge is -2.36. The molecule has 0 saturated carbocycles. The quantitative estimate of drug-likeness (QED) is 0.799. The highest BCUT2D eigenvalue weighted by molar-refractivity contribution is 5.89. The van der Waals surface area contributed by atoms with Crippen LogP contribution in [0.2, 0.25) is 0 Å². The number of rotatable bonds is 3. The van der Waals surface area contributed by atoms with E-state index in [-0.39, 0.29) is 29.9 Å². The van der Waals surface area contributed by atoms with Crippen molar-refractivity contribution in [3.05, 3.63) is 0 Å². The normalized spacial score (nSPS) is 32.4. The van der Waals surface area contributed by atoms with Crippen LogP contribution in [0.4, 0.5) is 0 Å². The molecule has 2 amide bonds. The number of piperazine rings is 1. The maximum atomic E-state index is 12.6. The number of carbonyl (C=O) groups excluding carboxylic acids is 2. The van der Waals surface area contributed by atoms with Crippen molar-refractivity contribution in [2.45, 2.75) is 45.3 Å². The Hall–Kier alpha value is -1.10. The molecule has 0 radical (unpaired) electrons. The highest BCUT2D eigenvalue weighted by Crippen LogP contribution is 2.27. The van der Waals surface area contributed by atoms with Crippen molar-refractivity contribution in [3.63, 3.8) is 0 Å². The third kappa shape index (κ3) is 2.36. The van der Waals surface area contributed by atoms with Gasteiger partial charge >= 0.3 is 0 Å². The van der Waals surface area contributed by atoms with E-state index in [1.54, 1.807) is 4.90 Å². The summed E-state index contributed by atoms with van der Waals surface area (Å²) in [5, 5.41) is 2.82. The van der Waals surface area contributed by atoms with Crippen LogP contribution in [0.1, 0.15) is 33.1 Å². The first-order chi connectivity index (χ1) is 8.69. The fourth-order valence-electron chi connectivity index (χ4n) is 2.93. The minimum atomic E-state index is -0.302. The van der Waals surface area contributed by atoms with E-state index >= 15 is 0 Å². The number of hydrogen-bond donors (Lipinski definition) is 1. The molecule has 0 aromatic heterocycles. The van der Waals surface area contributed by atoms with Crippen molar-refractivity contribution >= 4 is 11.8 Å². The van der Waals surface area contributed by atoms with E-state index < -0.39 is 0 Å². The van der Waals surface area contributed by atoms with Crippen molar-refractivity contribution in [2.24, 2.45) is 5.92 Å². The largest absolute Gasteiger partial charge is 0.377 e. The van der Waals surface area contributed by atoms with Gasteiger partial charge < -0.3 is 15.0 Å². The second kappa shape index (κ2) is 5.69. The van der Waals surface area contributed by atoms with E-state index in [4.69, 9.17) is 4.74 Å². The number of ether oxygens (including phenoxy) is 1. The summed E-state index contributed by atoms with van der Waals surface area (Å²) >= 11 is 0. The number of amides is 2. The Labute approximate surface area is 108 Å². The van der Waals surface area contributed by atoms with Gasteiger partial charge in [0.2, 0.25) is 11.8 Å². The van der Waals surface area contributed by atoms with Crippen LogP contribution in [-0.2, 0) is 14.3 Å². The molecule has 2 rings (SSSR count). The third-order valence-corrected chi connectivity index (χ3v) is 3.93. The standard InChI is InChI=1S/C13H22N2O3/c1-3-10-12(16)14-6-7-15(10)13(17)9-5-8-18-11(9)4-2/h9-11H,3-8H2,1-2H3,(H,14,16). The van der Waals surface area contributed by atoms with Crippen LogP contribution >= 0.6 is 0 Å². The zero-order chi connectivity index (χ0) is 13.1. The van der Waals surface area contributed by atoms with Crippen molar-refractivity contribution in [1.82, 2.24) is 10.2 Å². The van der Waals surface area contributed by atoms with E-state index in [0.29, 0.717) is 26.1 Å². The first-order valence-electron chi connectivity index (χ1n) is 6.88. The van der Waals surface area contributed by atoms with Crippen LogP contribution in [0, 0.1) is 5.92 Å². The van der Waals surface area contributed by atoms with Crippen molar-refractivity contribution in [1.29, 1.82) is 0 Å². The van der Waals surface area contributed by atoms with Crippen LogP contribution in [0.3, 0.4) is 0 Å². The van der Waals surface area contributed by atoms with E-state index in [9.17, 15) is 9.59 Å². The summed E-state index contributed by atoms with van der Waals surface area (Å²) in [5.41, 5.74) is 0. The molecule has 0 aliphatic carbocycles. The maximum absolute atomic E-state index is 12.6. The van der Waals surface area contributed by atoms with Gasteiger partial charge in [-0.2, -0.15) is 0 Å². The van der Waals surface area contributed by atoms with Gasteiger partial charge in [-0.15, -0.1) is 0 Å². The topological polar surface area (TPSA) is 58.6 Å². The molecule has 0 bridgehead atoms. The van der Waals surface area contributed by atoms with Crippen molar-refractivity contribution in [3.8, 4) is 0 Å². The fourth-order valence-corrected chi connectivity index (χ4v) is 2.93. The van der Waals surface area contributed by atoms with Crippen molar-refractivity contribution in [2.75, 3.05) is 19.7 Å². The Morgan fingerprint density at radius 2 is 2.22 bits per heavy atom. The molecule has 2 aliphatic rings. The number of hydrogen-bond acceptors (Lipinski definition) is 3. The Morgan fingerprint density at radius 3 is 2.89 bits per heavy atom. The van der Waals surface area contributed by atoms with Gasteiger partial charge in [0.05, 0.1) is 12.0 Å². The summed E-state index contributed by atoms with van der Waals surface area (Å²) in [6.45, 7) is 5.82. The molecule has 102 valence electrons. The Balaban J connectivity index is 2.09. The number of carbonyl (C=O) groups is 2. The van der Waals surface area contributed by atoms with Gasteiger partial charge in [0.25, 0.3) is 0 Å². The summed E-state index contributed by atoms with van der Waals surface area (Å²) in [5.74, 6) is 0.0139. The van der Waals surface area contributed by atoms with Crippen LogP contribution in [-0.4, -0.2) is 48.6 Å². The number of nitrogens with zero attached hydrogens (tertiary/aromatic N) is 1. The van der Waals surface area contributed by atoms with Gasteiger partial charge in [-0.25, -0.2) is 0 Å². The molecule has 2 heterocycles. The monoisotopic (exact) mass is 254 g/mol. The lowest BCUT2D eigenvalue weighted by Crippen LogP contribution is -2.58. The molecule has 2 fully saturated rings. The van der Waals surface area contributed by atoms with Crippen LogP contribution in [0.15, 0.2) is 0 Å². The first-order valence-corrected chi connectivity index (χ1v) is 6.88. The van der Waals surface area contributed by atoms with E-state index in [0.717, 1.165) is 12.8 Å². The lowest BCUT2D eigenvalue weighted by atomic mass is 9.96. The second-order valence-electron chi connectivity index (χ2n) is 4.96. The fraction of sp³-hybridized carbons (Fsp3) is 0.846. The molecule has 0 aromatic carbocycles. The van der Waals surface area contributed by atoms with E-state index in [1.165, 1.54) is 0 Å². The third-order valence-electron chi connectivity index (χ3n) is 3.93. The summed E-state index contributed by atoms with van der Waals surface area (Å²) in [4.78, 5) is 26.1. The molecule has 2 saturated heterocycles. The van der Waals surface area contributed by atoms with Gasteiger partial charge in [-0.1, -0.05) is 13.8 Å². The SMILES string of the molecule is CCC1OCCC1C(=O)N1CCNC(=O)C1CC. The summed E-state index contributed by atoms with van der Waals surface area (Å²) in [7, 11) is 0. The summed E-state index contributed by atoms with van der Waals surface area (Å²) in [6, 6.07) is -0.302. The zero-order valence-corrected chi connectivity index (χ0v) is 11.1. The highest BCUT2D eigenvalue weighted by atomic mass is 16.5. The maximum Gasteiger partial charge on any atom is 0.242 e. The molecule has 0 aromatic rings.